The van der Waals surface area contributed by atoms with Crippen LogP contribution in [0.5, 0.6) is 0 Å². The van der Waals surface area contributed by atoms with Gasteiger partial charge in [0.25, 0.3) is 0 Å². The number of nitrogens with one attached hydrogen (secondary N) is 1. The summed E-state index contributed by atoms with van der Waals surface area (Å²) in [5, 5.41) is 4.39. The molecule has 0 heterocycles. The van der Waals surface area contributed by atoms with E-state index in [4.69, 9.17) is 11.6 Å². The molecule has 0 saturated heterocycles. The quantitative estimate of drug-likeness (QED) is 0.774. The van der Waals surface area contributed by atoms with Crippen LogP contribution in [0.25, 0.3) is 0 Å². The van der Waals surface area contributed by atoms with Crippen molar-refractivity contribution in [3.8, 4) is 0 Å². The maximum Gasteiger partial charge on any atom is 0.0453 e. The van der Waals surface area contributed by atoms with E-state index in [1.165, 1.54) is 5.56 Å². The zero-order chi connectivity index (χ0) is 13.8. The summed E-state index contributed by atoms with van der Waals surface area (Å²) in [5.41, 5.74) is 2.38. The number of benzene rings is 2. The minimum absolute atomic E-state index is 0.204. The molecule has 2 unspecified atom stereocenters. The molecule has 0 spiro atoms. The van der Waals surface area contributed by atoms with Gasteiger partial charge in [-0.15, -0.1) is 0 Å². The third-order valence-electron chi connectivity index (χ3n) is 3.24. The van der Waals surface area contributed by atoms with Gasteiger partial charge in [0.05, 0.1) is 0 Å². The van der Waals surface area contributed by atoms with Crippen LogP contribution in [-0.2, 0) is 0 Å². The minimum Gasteiger partial charge on any atom is -0.304 e. The molecule has 19 heavy (non-hydrogen) atoms. The monoisotopic (exact) mass is 337 g/mol. The van der Waals surface area contributed by atoms with E-state index in [-0.39, 0.29) is 12.1 Å². The molecule has 2 aromatic rings. The maximum atomic E-state index is 6.23. The predicted molar refractivity (Wildman–Crippen MR) is 85.6 cm³/mol. The van der Waals surface area contributed by atoms with Crippen LogP contribution in [0.3, 0.4) is 0 Å². The number of halogens is 2. The lowest BCUT2D eigenvalue weighted by Crippen LogP contribution is -2.23. The van der Waals surface area contributed by atoms with Crippen molar-refractivity contribution in [2.75, 3.05) is 0 Å². The Morgan fingerprint density at radius 3 is 2.05 bits per heavy atom. The van der Waals surface area contributed by atoms with Gasteiger partial charge in [0.2, 0.25) is 0 Å². The average Bonchev–Trinajstić information content (AvgIpc) is 2.39. The first-order valence-corrected chi connectivity index (χ1v) is 7.51. The van der Waals surface area contributed by atoms with Crippen LogP contribution in [0.1, 0.15) is 37.1 Å². The van der Waals surface area contributed by atoms with Gasteiger partial charge in [0.15, 0.2) is 0 Å². The van der Waals surface area contributed by atoms with E-state index in [0.717, 1.165) is 15.1 Å². The fourth-order valence-electron chi connectivity index (χ4n) is 2.21. The fourth-order valence-corrected chi connectivity index (χ4v) is 3.13. The third-order valence-corrected chi connectivity index (χ3v) is 4.31. The largest absolute Gasteiger partial charge is 0.304 e. The van der Waals surface area contributed by atoms with E-state index >= 15 is 0 Å². The highest BCUT2D eigenvalue weighted by Gasteiger charge is 2.14. The van der Waals surface area contributed by atoms with Crippen LogP contribution in [0.2, 0.25) is 5.02 Å². The average molecular weight is 339 g/mol. The molecule has 0 fully saturated rings. The molecular formula is C16H17BrClN. The Hall–Kier alpha value is -0.830. The summed E-state index contributed by atoms with van der Waals surface area (Å²) in [7, 11) is 0. The summed E-state index contributed by atoms with van der Waals surface area (Å²) in [6.45, 7) is 4.29. The highest BCUT2D eigenvalue weighted by atomic mass is 79.9. The molecule has 0 aliphatic heterocycles. The Labute approximate surface area is 128 Å². The molecule has 1 nitrogen and oxygen atoms in total. The molecular weight excluding hydrogens is 322 g/mol. The topological polar surface area (TPSA) is 12.0 Å². The Morgan fingerprint density at radius 2 is 1.42 bits per heavy atom. The van der Waals surface area contributed by atoms with Crippen molar-refractivity contribution in [3.05, 3.63) is 69.2 Å². The summed E-state index contributed by atoms with van der Waals surface area (Å²) < 4.78 is 1.13. The van der Waals surface area contributed by atoms with Crippen LogP contribution in [0.4, 0.5) is 0 Å². The second-order valence-electron chi connectivity index (χ2n) is 4.65. The molecule has 3 heteroatoms. The van der Waals surface area contributed by atoms with Crippen molar-refractivity contribution in [3.63, 3.8) is 0 Å². The van der Waals surface area contributed by atoms with Crippen molar-refractivity contribution < 1.29 is 0 Å². The second kappa shape index (κ2) is 6.56. The molecule has 0 amide bonds. The molecule has 0 aliphatic rings. The van der Waals surface area contributed by atoms with Crippen LogP contribution < -0.4 is 5.32 Å². The first kappa shape index (κ1) is 14.6. The SMILES string of the molecule is CC(NC(C)c1ccccc1Br)c1ccccc1Cl. The van der Waals surface area contributed by atoms with Crippen molar-refractivity contribution in [2.24, 2.45) is 0 Å². The third kappa shape index (κ3) is 3.59. The first-order valence-electron chi connectivity index (χ1n) is 6.34. The number of hydrogen-bond acceptors (Lipinski definition) is 1. The Morgan fingerprint density at radius 1 is 0.895 bits per heavy atom. The van der Waals surface area contributed by atoms with Gasteiger partial charge in [-0.3, -0.25) is 0 Å². The van der Waals surface area contributed by atoms with Gasteiger partial charge in [-0.25, -0.2) is 0 Å². The van der Waals surface area contributed by atoms with Crippen molar-refractivity contribution in [1.82, 2.24) is 5.32 Å². The van der Waals surface area contributed by atoms with E-state index < -0.39 is 0 Å². The van der Waals surface area contributed by atoms with E-state index in [9.17, 15) is 0 Å². The van der Waals surface area contributed by atoms with E-state index in [2.05, 4.69) is 59.4 Å². The summed E-state index contributed by atoms with van der Waals surface area (Å²) in [6.07, 6.45) is 0. The van der Waals surface area contributed by atoms with Gasteiger partial charge >= 0.3 is 0 Å². The first-order chi connectivity index (χ1) is 9.09. The lowest BCUT2D eigenvalue weighted by Gasteiger charge is -2.22. The van der Waals surface area contributed by atoms with E-state index in [1.54, 1.807) is 0 Å². The molecule has 0 radical (unpaired) electrons. The maximum absolute atomic E-state index is 6.23. The Bertz CT molecular complexity index is 506. The lowest BCUT2D eigenvalue weighted by molar-refractivity contribution is 0.493. The van der Waals surface area contributed by atoms with Crippen molar-refractivity contribution in [1.29, 1.82) is 0 Å². The van der Waals surface area contributed by atoms with Crippen LogP contribution >= 0.6 is 27.5 Å². The number of hydrogen-bond donors (Lipinski definition) is 1. The molecule has 2 atom stereocenters. The molecule has 2 rings (SSSR count). The highest BCUT2D eigenvalue weighted by Crippen LogP contribution is 2.27. The fraction of sp³-hybridized carbons (Fsp3) is 0.250. The molecule has 100 valence electrons. The Balaban J connectivity index is 2.13. The summed E-state index contributed by atoms with van der Waals surface area (Å²) in [6, 6.07) is 16.7. The Kier molecular flexibility index (Phi) is 5.03. The van der Waals surface area contributed by atoms with Crippen molar-refractivity contribution >= 4 is 27.5 Å². The van der Waals surface area contributed by atoms with Crippen LogP contribution in [0, 0.1) is 0 Å². The molecule has 2 aromatic carbocycles. The summed E-state index contributed by atoms with van der Waals surface area (Å²) in [5.74, 6) is 0. The predicted octanol–water partition coefficient (Wildman–Crippen LogP) is 5.51. The normalized spacial score (nSPS) is 14.1. The molecule has 0 aromatic heterocycles. The smallest absolute Gasteiger partial charge is 0.0453 e. The summed E-state index contributed by atoms with van der Waals surface area (Å²) >= 11 is 9.82. The van der Waals surface area contributed by atoms with Gasteiger partial charge in [-0.2, -0.15) is 0 Å². The molecule has 0 aliphatic carbocycles. The zero-order valence-electron chi connectivity index (χ0n) is 11.0. The lowest BCUT2D eigenvalue weighted by atomic mass is 10.0. The molecule has 0 saturated carbocycles. The zero-order valence-corrected chi connectivity index (χ0v) is 13.4. The minimum atomic E-state index is 0.204. The number of rotatable bonds is 4. The van der Waals surface area contributed by atoms with Crippen molar-refractivity contribution in [2.45, 2.75) is 25.9 Å². The summed E-state index contributed by atoms with van der Waals surface area (Å²) in [4.78, 5) is 0. The van der Waals surface area contributed by atoms with Gasteiger partial charge in [-0.05, 0) is 37.1 Å². The van der Waals surface area contributed by atoms with E-state index in [0.29, 0.717) is 0 Å². The van der Waals surface area contributed by atoms with Crippen LogP contribution in [-0.4, -0.2) is 0 Å². The second-order valence-corrected chi connectivity index (χ2v) is 5.91. The molecule has 0 bridgehead atoms. The standard InChI is InChI=1S/C16H17BrClN/c1-11(13-7-3-5-9-15(13)17)19-12(2)14-8-4-6-10-16(14)18/h3-12,19H,1-2H3. The highest BCUT2D eigenvalue weighted by molar-refractivity contribution is 9.10. The van der Waals surface area contributed by atoms with Gasteiger partial charge < -0.3 is 5.32 Å². The van der Waals surface area contributed by atoms with Gasteiger partial charge in [0.1, 0.15) is 0 Å². The van der Waals surface area contributed by atoms with Gasteiger partial charge in [0, 0.05) is 21.6 Å². The van der Waals surface area contributed by atoms with Gasteiger partial charge in [-0.1, -0.05) is 63.9 Å². The van der Waals surface area contributed by atoms with Crippen LogP contribution in [0.15, 0.2) is 53.0 Å². The van der Waals surface area contributed by atoms with E-state index in [1.807, 2.05) is 24.3 Å². The molecule has 1 N–H and O–H groups in total.